The molecule has 1 amide bonds. The molecule has 0 aliphatic carbocycles. The first-order chi connectivity index (χ1) is 13.9. The molecular formula is C20H18FN3O5. The highest BCUT2D eigenvalue weighted by Crippen LogP contribution is 2.14. The fraction of sp³-hybridized carbons (Fsp3) is 0.200. The molecule has 8 nitrogen and oxygen atoms in total. The molecule has 0 bridgehead atoms. The molecule has 0 aliphatic rings. The molecule has 1 heterocycles. The van der Waals surface area contributed by atoms with Crippen LogP contribution < -0.4 is 5.76 Å². The highest BCUT2D eigenvalue weighted by molar-refractivity contribution is 5.80. The predicted molar refractivity (Wildman–Crippen MR) is 100 cm³/mol. The second kappa shape index (κ2) is 8.96. The van der Waals surface area contributed by atoms with Crippen LogP contribution in [-0.2, 0) is 27.4 Å². The van der Waals surface area contributed by atoms with Crippen molar-refractivity contribution >= 4 is 11.9 Å². The van der Waals surface area contributed by atoms with Crippen LogP contribution in [0.5, 0.6) is 0 Å². The van der Waals surface area contributed by atoms with Crippen molar-refractivity contribution in [2.24, 2.45) is 0 Å². The molecule has 0 fully saturated rings. The van der Waals surface area contributed by atoms with Crippen LogP contribution in [0.1, 0.15) is 5.56 Å². The van der Waals surface area contributed by atoms with Crippen molar-refractivity contribution in [1.82, 2.24) is 14.7 Å². The van der Waals surface area contributed by atoms with E-state index in [1.54, 1.807) is 48.5 Å². The average molecular weight is 399 g/mol. The molecule has 0 saturated heterocycles. The number of likely N-dealkylation sites (N-methyl/N-ethyl adjacent to an activating group) is 1. The summed E-state index contributed by atoms with van der Waals surface area (Å²) in [4.78, 5) is 37.1. The molecule has 0 atom stereocenters. The SMILES string of the molecule is CN(Cc1ccccc1F)C(=O)COC(=O)Cn1nc(-c2ccccc2)oc1=O. The second-order valence-corrected chi connectivity index (χ2v) is 6.20. The summed E-state index contributed by atoms with van der Waals surface area (Å²) in [5.41, 5.74) is 0.930. The van der Waals surface area contributed by atoms with E-state index in [4.69, 9.17) is 9.15 Å². The van der Waals surface area contributed by atoms with E-state index in [1.807, 2.05) is 0 Å². The van der Waals surface area contributed by atoms with Crippen LogP contribution in [0, 0.1) is 5.82 Å². The van der Waals surface area contributed by atoms with Gasteiger partial charge in [0.2, 0.25) is 5.89 Å². The number of aromatic nitrogens is 2. The largest absolute Gasteiger partial charge is 0.454 e. The molecule has 1 aromatic heterocycles. The highest BCUT2D eigenvalue weighted by atomic mass is 19.1. The van der Waals surface area contributed by atoms with E-state index in [0.29, 0.717) is 11.1 Å². The van der Waals surface area contributed by atoms with Crippen molar-refractivity contribution in [2.75, 3.05) is 13.7 Å². The lowest BCUT2D eigenvalue weighted by atomic mass is 10.2. The normalized spacial score (nSPS) is 10.6. The molecule has 0 unspecified atom stereocenters. The fourth-order valence-corrected chi connectivity index (χ4v) is 2.49. The summed E-state index contributed by atoms with van der Waals surface area (Å²) in [6, 6.07) is 14.8. The van der Waals surface area contributed by atoms with Crippen LogP contribution in [0.4, 0.5) is 4.39 Å². The van der Waals surface area contributed by atoms with Crippen LogP contribution >= 0.6 is 0 Å². The zero-order valence-corrected chi connectivity index (χ0v) is 15.6. The summed E-state index contributed by atoms with van der Waals surface area (Å²) in [6.45, 7) is -1.01. The number of nitrogens with zero attached hydrogens (tertiary/aromatic N) is 3. The first-order valence-electron chi connectivity index (χ1n) is 8.70. The fourth-order valence-electron chi connectivity index (χ4n) is 2.49. The van der Waals surface area contributed by atoms with Crippen LogP contribution in [0.3, 0.4) is 0 Å². The molecule has 0 aliphatic heterocycles. The van der Waals surface area contributed by atoms with Crippen LogP contribution in [0.15, 0.2) is 63.8 Å². The molecule has 3 rings (SSSR count). The molecule has 0 N–H and O–H groups in total. The van der Waals surface area contributed by atoms with E-state index in [1.165, 1.54) is 18.0 Å². The van der Waals surface area contributed by atoms with Gasteiger partial charge < -0.3 is 14.1 Å². The maximum absolute atomic E-state index is 13.7. The van der Waals surface area contributed by atoms with Gasteiger partial charge in [-0.1, -0.05) is 36.4 Å². The number of esters is 1. The van der Waals surface area contributed by atoms with Gasteiger partial charge >= 0.3 is 11.7 Å². The first kappa shape index (κ1) is 20.0. The van der Waals surface area contributed by atoms with Crippen molar-refractivity contribution in [1.29, 1.82) is 0 Å². The minimum Gasteiger partial charge on any atom is -0.454 e. The number of ether oxygens (including phenoxy) is 1. The Morgan fingerprint density at radius 1 is 1.14 bits per heavy atom. The van der Waals surface area contributed by atoms with E-state index in [-0.39, 0.29) is 12.4 Å². The summed E-state index contributed by atoms with van der Waals surface area (Å²) < 4.78 is 24.4. The van der Waals surface area contributed by atoms with Gasteiger partial charge in [-0.15, -0.1) is 5.10 Å². The van der Waals surface area contributed by atoms with Gasteiger partial charge in [0.1, 0.15) is 12.4 Å². The van der Waals surface area contributed by atoms with Crippen LogP contribution in [0.25, 0.3) is 11.5 Å². The maximum Gasteiger partial charge on any atom is 0.437 e. The predicted octanol–water partition coefficient (Wildman–Crippen LogP) is 1.84. The number of hydrogen-bond donors (Lipinski definition) is 0. The number of carbonyl (C=O) groups excluding carboxylic acids is 2. The molecule has 0 spiro atoms. The standard InChI is InChI=1S/C20H18FN3O5/c1-23(11-15-9-5-6-10-16(15)21)17(25)13-28-18(26)12-24-20(27)29-19(22-24)14-7-3-2-4-8-14/h2-10H,11-13H2,1H3. The monoisotopic (exact) mass is 399 g/mol. The Morgan fingerprint density at radius 2 is 1.83 bits per heavy atom. The van der Waals surface area contributed by atoms with Crippen molar-refractivity contribution in [3.63, 3.8) is 0 Å². The quantitative estimate of drug-likeness (QED) is 0.563. The third-order valence-corrected chi connectivity index (χ3v) is 4.05. The van der Waals surface area contributed by atoms with Gasteiger partial charge in [-0.05, 0) is 18.2 Å². The number of hydrogen-bond acceptors (Lipinski definition) is 6. The Bertz CT molecular complexity index is 1060. The lowest BCUT2D eigenvalue weighted by Crippen LogP contribution is -2.32. The molecule has 3 aromatic rings. The average Bonchev–Trinajstić information content (AvgIpc) is 3.08. The van der Waals surface area contributed by atoms with Crippen molar-refractivity contribution in [3.8, 4) is 11.5 Å². The van der Waals surface area contributed by atoms with Gasteiger partial charge in [-0.3, -0.25) is 9.59 Å². The maximum atomic E-state index is 13.7. The van der Waals surface area contributed by atoms with E-state index in [2.05, 4.69) is 5.10 Å². The number of halogens is 1. The van der Waals surface area contributed by atoms with Crippen molar-refractivity contribution in [2.45, 2.75) is 13.1 Å². The molecule has 0 saturated carbocycles. The third-order valence-electron chi connectivity index (χ3n) is 4.05. The Labute approximate surface area is 165 Å². The van der Waals surface area contributed by atoms with E-state index >= 15 is 0 Å². The lowest BCUT2D eigenvalue weighted by Gasteiger charge is -2.17. The zero-order chi connectivity index (χ0) is 20.8. The van der Waals surface area contributed by atoms with Gasteiger partial charge in [0, 0.05) is 24.7 Å². The molecule has 29 heavy (non-hydrogen) atoms. The van der Waals surface area contributed by atoms with Crippen LogP contribution in [0.2, 0.25) is 0 Å². The Morgan fingerprint density at radius 3 is 2.55 bits per heavy atom. The number of benzene rings is 2. The minimum absolute atomic E-state index is 0.0340. The number of rotatable bonds is 7. The minimum atomic E-state index is -0.826. The van der Waals surface area contributed by atoms with E-state index < -0.39 is 36.6 Å². The van der Waals surface area contributed by atoms with Gasteiger partial charge in [0.05, 0.1) is 0 Å². The van der Waals surface area contributed by atoms with Gasteiger partial charge in [0.25, 0.3) is 5.91 Å². The van der Waals surface area contributed by atoms with E-state index in [9.17, 15) is 18.8 Å². The van der Waals surface area contributed by atoms with E-state index in [0.717, 1.165) is 4.68 Å². The third kappa shape index (κ3) is 5.16. The van der Waals surface area contributed by atoms with Crippen molar-refractivity contribution in [3.05, 3.63) is 76.5 Å². The van der Waals surface area contributed by atoms with Crippen molar-refractivity contribution < 1.29 is 23.1 Å². The van der Waals surface area contributed by atoms with Gasteiger partial charge in [-0.25, -0.2) is 9.18 Å². The Hall–Kier alpha value is -3.75. The summed E-state index contributed by atoms with van der Waals surface area (Å²) in [5.74, 6) is -2.51. The smallest absolute Gasteiger partial charge is 0.437 e. The van der Waals surface area contributed by atoms with Gasteiger partial charge in [-0.2, -0.15) is 4.68 Å². The molecular weight excluding hydrogens is 381 g/mol. The first-order valence-corrected chi connectivity index (χ1v) is 8.70. The summed E-state index contributed by atoms with van der Waals surface area (Å²) in [5, 5.41) is 3.95. The van der Waals surface area contributed by atoms with Crippen LogP contribution in [-0.4, -0.2) is 40.2 Å². The number of amides is 1. The Kier molecular flexibility index (Phi) is 6.18. The Balaban J connectivity index is 1.53. The van der Waals surface area contributed by atoms with Gasteiger partial charge in [0.15, 0.2) is 6.61 Å². The second-order valence-electron chi connectivity index (χ2n) is 6.20. The molecule has 150 valence electrons. The summed E-state index contributed by atoms with van der Waals surface area (Å²) >= 11 is 0. The summed E-state index contributed by atoms with van der Waals surface area (Å²) in [6.07, 6.45) is 0. The topological polar surface area (TPSA) is 94.6 Å². The molecule has 9 heteroatoms. The highest BCUT2D eigenvalue weighted by Gasteiger charge is 2.17. The zero-order valence-electron chi connectivity index (χ0n) is 15.6. The molecule has 2 aromatic carbocycles. The summed E-state index contributed by atoms with van der Waals surface area (Å²) in [7, 11) is 1.47. The molecule has 0 radical (unpaired) electrons. The number of carbonyl (C=O) groups is 2. The lowest BCUT2D eigenvalue weighted by molar-refractivity contribution is -0.152.